The van der Waals surface area contributed by atoms with Gasteiger partial charge in [-0.15, -0.1) is 11.8 Å². The van der Waals surface area contributed by atoms with E-state index < -0.39 is 80.2 Å². The molecule has 10 atom stereocenters. The van der Waals surface area contributed by atoms with E-state index in [9.17, 15) is 24.3 Å². The van der Waals surface area contributed by atoms with Crippen LogP contribution in [0.15, 0.2) is 29.7 Å². The standard InChI is InChI=1S/C22H25N9O11P2S2/c23-8-1-2-25-16-10(8)26-6-30(16)19-14-15-22(40-19,4-37-14)5-39-44(36,45)41-13-12(32)9(3-38-43(34,35)42-15)46-20(13)31-7-27-11-17(31)28-21(24)29-18(11)33/h1-2,6-7,9,12-15,19-20,32H,3-5H2,(H2,23,25)(H,34,35)(H,36,45)(H3,24,28,29,33)/t9-,12-,13-,14-,15+,19-,20-,22?,44?/m1/s1. The van der Waals surface area contributed by atoms with Crippen molar-refractivity contribution in [3.05, 3.63) is 35.3 Å². The van der Waals surface area contributed by atoms with Gasteiger partial charge in [0, 0.05) is 6.20 Å². The minimum Gasteiger partial charge on any atom is -0.397 e. The third-order valence-corrected chi connectivity index (χ3v) is 12.2. The SMILES string of the molecule is Nc1nc2c(ncn2[C@@H]2S[C@@H]3COP(=O)(O)O[C@H]4[C@H]5OCC4(COP(O)(=S)O[C@@H]2[C@@H]3O)O[C@H]5n2cnc3c(N)ccnc32)c(=O)[nH]1. The van der Waals surface area contributed by atoms with Crippen molar-refractivity contribution in [1.82, 2.24) is 34.1 Å². The molecular weight excluding hydrogens is 692 g/mol. The van der Waals surface area contributed by atoms with Crippen molar-refractivity contribution >= 4 is 72.1 Å². The first-order valence-electron chi connectivity index (χ1n) is 13.6. The maximum Gasteiger partial charge on any atom is 0.472 e. The summed E-state index contributed by atoms with van der Waals surface area (Å²) < 4.78 is 51.4. The summed E-state index contributed by atoms with van der Waals surface area (Å²) in [4.78, 5) is 53.8. The number of nitrogens with one attached hydrogen (secondary N) is 1. The predicted molar refractivity (Wildman–Crippen MR) is 161 cm³/mol. The minimum atomic E-state index is -4.86. The van der Waals surface area contributed by atoms with Gasteiger partial charge >= 0.3 is 14.5 Å². The Morgan fingerprint density at radius 3 is 2.67 bits per heavy atom. The third kappa shape index (κ3) is 4.91. The predicted octanol–water partition coefficient (Wildman–Crippen LogP) is -0.495. The monoisotopic (exact) mass is 717 g/mol. The van der Waals surface area contributed by atoms with E-state index in [1.165, 1.54) is 23.4 Å². The van der Waals surface area contributed by atoms with Crippen molar-refractivity contribution in [3.63, 3.8) is 0 Å². The van der Waals surface area contributed by atoms with Crippen molar-refractivity contribution in [2.45, 2.75) is 46.9 Å². The minimum absolute atomic E-state index is 0.0393. The Bertz CT molecular complexity index is 2030. The molecule has 20 nitrogen and oxygen atoms in total. The van der Waals surface area contributed by atoms with Crippen LogP contribution in [0.5, 0.6) is 0 Å². The van der Waals surface area contributed by atoms with Crippen molar-refractivity contribution < 1.29 is 47.0 Å². The van der Waals surface area contributed by atoms with Crippen LogP contribution in [-0.2, 0) is 43.9 Å². The van der Waals surface area contributed by atoms with E-state index in [0.717, 1.165) is 11.8 Å². The second-order valence-electron chi connectivity index (χ2n) is 11.0. The molecule has 4 aliphatic heterocycles. The largest absolute Gasteiger partial charge is 0.472 e. The number of aliphatic hydroxyl groups excluding tert-OH is 1. The maximum absolute atomic E-state index is 13.4. The Balaban J connectivity index is 1.14. The lowest BCUT2D eigenvalue weighted by molar-refractivity contribution is -0.183. The summed E-state index contributed by atoms with van der Waals surface area (Å²) in [5, 5.41) is 9.44. The Labute approximate surface area is 266 Å². The zero-order valence-corrected chi connectivity index (χ0v) is 26.6. The van der Waals surface area contributed by atoms with Crippen molar-refractivity contribution in [1.29, 1.82) is 0 Å². The summed E-state index contributed by atoms with van der Waals surface area (Å²) >= 11 is 6.41. The fraction of sp³-hybridized carbons (Fsp3) is 0.500. The molecule has 4 aromatic rings. The van der Waals surface area contributed by atoms with Crippen molar-refractivity contribution in [3.8, 4) is 0 Å². The molecule has 4 saturated heterocycles. The van der Waals surface area contributed by atoms with Crippen LogP contribution in [0.3, 0.4) is 0 Å². The van der Waals surface area contributed by atoms with Gasteiger partial charge < -0.3 is 40.4 Å². The Kier molecular flexibility index (Phi) is 7.17. The number of imidazole rings is 2. The van der Waals surface area contributed by atoms with Gasteiger partial charge in [0.05, 0.1) is 49.5 Å². The lowest BCUT2D eigenvalue weighted by Crippen LogP contribution is -2.45. The number of aliphatic hydroxyl groups is 1. The van der Waals surface area contributed by atoms with E-state index in [2.05, 4.69) is 24.9 Å². The molecule has 0 amide bonds. The highest BCUT2D eigenvalue weighted by Gasteiger charge is 2.66. The van der Waals surface area contributed by atoms with E-state index in [-0.39, 0.29) is 23.7 Å². The van der Waals surface area contributed by atoms with Gasteiger partial charge in [-0.3, -0.25) is 32.5 Å². The highest BCUT2D eigenvalue weighted by molar-refractivity contribution is 8.07. The van der Waals surface area contributed by atoms with Gasteiger partial charge in [0.1, 0.15) is 34.8 Å². The maximum atomic E-state index is 13.4. The highest BCUT2D eigenvalue weighted by Crippen LogP contribution is 2.59. The van der Waals surface area contributed by atoms with Crippen LogP contribution >= 0.6 is 26.3 Å². The summed E-state index contributed by atoms with van der Waals surface area (Å²) in [6.45, 7) is -5.38. The number of ether oxygens (including phenoxy) is 2. The number of hydrogen-bond acceptors (Lipinski definition) is 17. The first-order valence-corrected chi connectivity index (χ1v) is 18.6. The molecule has 0 aromatic carbocycles. The molecule has 8 heterocycles. The molecule has 3 unspecified atom stereocenters. The molecule has 4 aromatic heterocycles. The number of hydrogen-bond donors (Lipinski definition) is 6. The van der Waals surface area contributed by atoms with Crippen LogP contribution < -0.4 is 17.0 Å². The zero-order chi connectivity index (χ0) is 32.2. The molecule has 0 spiro atoms. The van der Waals surface area contributed by atoms with E-state index in [1.807, 2.05) is 0 Å². The van der Waals surface area contributed by atoms with Crippen LogP contribution in [0.25, 0.3) is 22.3 Å². The number of nitrogen functional groups attached to an aromatic ring is 2. The number of nitrogens with zero attached hydrogens (tertiary/aromatic N) is 6. The molecular formula is C22H25N9O11P2S2. The van der Waals surface area contributed by atoms with Crippen LogP contribution in [0.2, 0.25) is 0 Å². The number of thioether (sulfide) groups is 1. The average Bonchev–Trinajstić information content (AvgIpc) is 3.80. The van der Waals surface area contributed by atoms with E-state index in [0.29, 0.717) is 16.9 Å². The van der Waals surface area contributed by atoms with Crippen LogP contribution in [-0.4, -0.2) is 104 Å². The molecule has 0 radical (unpaired) electrons. The van der Waals surface area contributed by atoms with Crippen LogP contribution in [0, 0.1) is 0 Å². The number of fused-ring (bicyclic) bond motifs is 4. The molecule has 0 saturated carbocycles. The number of H-pyrrole nitrogens is 1. The third-order valence-electron chi connectivity index (χ3n) is 8.15. The summed E-state index contributed by atoms with van der Waals surface area (Å²) in [7, 11) is -4.86. The molecule has 4 fully saturated rings. The molecule has 4 aliphatic rings. The number of phosphoric ester groups is 1. The van der Waals surface area contributed by atoms with Gasteiger partial charge in [-0.25, -0.2) is 19.5 Å². The smallest absolute Gasteiger partial charge is 0.397 e. The summed E-state index contributed by atoms with van der Waals surface area (Å²) in [6.07, 6.45) is -1.69. The molecule has 8 N–H and O–H groups in total. The van der Waals surface area contributed by atoms with E-state index >= 15 is 0 Å². The van der Waals surface area contributed by atoms with Crippen molar-refractivity contribution in [2.24, 2.45) is 0 Å². The summed E-state index contributed by atoms with van der Waals surface area (Å²) in [5.41, 5.74) is 10.8. The number of aromatic nitrogens is 7. The second kappa shape index (κ2) is 10.7. The summed E-state index contributed by atoms with van der Waals surface area (Å²) in [5.74, 6) is -0.181. The molecule has 24 heteroatoms. The quantitative estimate of drug-likeness (QED) is 0.143. The zero-order valence-electron chi connectivity index (χ0n) is 23.1. The number of phosphoric acid groups is 1. The Hall–Kier alpha value is -2.56. The van der Waals surface area contributed by atoms with Gasteiger partial charge in [-0.05, 0) is 17.9 Å². The number of pyridine rings is 1. The molecule has 4 bridgehead atoms. The summed E-state index contributed by atoms with van der Waals surface area (Å²) in [6, 6.07) is 1.59. The highest BCUT2D eigenvalue weighted by atomic mass is 32.5. The van der Waals surface area contributed by atoms with Gasteiger partial charge in [-0.1, -0.05) is 0 Å². The Morgan fingerprint density at radius 1 is 1.07 bits per heavy atom. The normalized spacial score (nSPS) is 39.7. The number of nitrogens with two attached hydrogens (primary N) is 2. The van der Waals surface area contributed by atoms with Crippen molar-refractivity contribution in [2.75, 3.05) is 31.3 Å². The lowest BCUT2D eigenvalue weighted by Gasteiger charge is -2.33. The lowest BCUT2D eigenvalue weighted by atomic mass is 10.0. The van der Waals surface area contributed by atoms with Gasteiger partial charge in [0.15, 0.2) is 23.0 Å². The van der Waals surface area contributed by atoms with E-state index in [4.69, 9.17) is 50.8 Å². The Morgan fingerprint density at radius 2 is 1.85 bits per heavy atom. The molecule has 246 valence electrons. The van der Waals surface area contributed by atoms with Gasteiger partial charge in [0.2, 0.25) is 5.95 Å². The van der Waals surface area contributed by atoms with Gasteiger partial charge in [-0.2, -0.15) is 4.98 Å². The van der Waals surface area contributed by atoms with E-state index in [1.54, 1.807) is 10.6 Å². The number of aromatic amines is 1. The topological polar surface area (TPSA) is 279 Å². The second-order valence-corrected chi connectivity index (χ2v) is 16.6. The van der Waals surface area contributed by atoms with Crippen LogP contribution in [0.4, 0.5) is 11.6 Å². The average molecular weight is 718 g/mol. The fourth-order valence-corrected chi connectivity index (χ4v) is 10.2. The first kappa shape index (κ1) is 30.8. The first-order chi connectivity index (χ1) is 21.8. The number of rotatable bonds is 2. The molecule has 46 heavy (non-hydrogen) atoms. The molecule has 0 aliphatic carbocycles. The van der Waals surface area contributed by atoms with Gasteiger partial charge in [0.25, 0.3) is 5.56 Å². The molecule has 8 rings (SSSR count). The number of anilines is 2. The van der Waals surface area contributed by atoms with Crippen LogP contribution in [0.1, 0.15) is 11.6 Å². The fourth-order valence-electron chi connectivity index (χ4n) is 6.05.